The summed E-state index contributed by atoms with van der Waals surface area (Å²) in [4.78, 5) is 0. The first-order chi connectivity index (χ1) is 20.0. The van der Waals surface area contributed by atoms with Crippen molar-refractivity contribution in [1.82, 2.24) is 0 Å². The van der Waals surface area contributed by atoms with Crippen molar-refractivity contribution in [2.24, 2.45) is 17.8 Å². The Morgan fingerprint density at radius 2 is 1.37 bits per heavy atom. The molecule has 0 spiro atoms. The summed E-state index contributed by atoms with van der Waals surface area (Å²) in [6.07, 6.45) is 16.1. The van der Waals surface area contributed by atoms with Crippen molar-refractivity contribution in [3.05, 3.63) is 89.8 Å². The molecular weight excluding hydrogens is 517 g/mol. The van der Waals surface area contributed by atoms with Crippen LogP contribution in [0.5, 0.6) is 5.75 Å². The van der Waals surface area contributed by atoms with Gasteiger partial charge in [0.15, 0.2) is 11.6 Å². The quantitative estimate of drug-likeness (QED) is 0.187. The minimum absolute atomic E-state index is 0.0624. The predicted molar refractivity (Wildman–Crippen MR) is 163 cm³/mol. The van der Waals surface area contributed by atoms with E-state index < -0.39 is 11.6 Å². The number of hydrogen-bond acceptors (Lipinski definition) is 1. The van der Waals surface area contributed by atoms with Crippen molar-refractivity contribution in [3.63, 3.8) is 0 Å². The molecule has 218 valence electrons. The van der Waals surface area contributed by atoms with Crippen LogP contribution in [0.1, 0.15) is 89.5 Å². The van der Waals surface area contributed by atoms with Crippen LogP contribution in [0.4, 0.5) is 13.2 Å². The van der Waals surface area contributed by atoms with Gasteiger partial charge in [-0.15, -0.1) is 0 Å². The van der Waals surface area contributed by atoms with E-state index in [4.69, 9.17) is 4.74 Å². The van der Waals surface area contributed by atoms with Crippen molar-refractivity contribution in [3.8, 4) is 28.0 Å². The van der Waals surface area contributed by atoms with Gasteiger partial charge < -0.3 is 4.74 Å². The Bertz CT molecular complexity index is 1310. The van der Waals surface area contributed by atoms with Gasteiger partial charge in [-0.25, -0.2) is 8.78 Å². The molecule has 2 fully saturated rings. The lowest BCUT2D eigenvalue weighted by atomic mass is 9.68. The molecule has 2 aliphatic rings. The fraction of sp³-hybridized carbons (Fsp3) is 0.459. The zero-order chi connectivity index (χ0) is 28.8. The number of allylic oxidation sites excluding steroid dienone is 2. The summed E-state index contributed by atoms with van der Waals surface area (Å²) in [5.74, 6) is 0.596. The van der Waals surface area contributed by atoms with Gasteiger partial charge in [-0.2, -0.15) is 4.39 Å². The summed E-state index contributed by atoms with van der Waals surface area (Å²) in [7, 11) is 0. The van der Waals surface area contributed by atoms with Gasteiger partial charge in [-0.3, -0.25) is 0 Å². The lowest BCUT2D eigenvalue weighted by Crippen LogP contribution is -2.25. The van der Waals surface area contributed by atoms with Crippen molar-refractivity contribution < 1.29 is 17.9 Å². The summed E-state index contributed by atoms with van der Waals surface area (Å²) >= 11 is 0. The first-order valence-electron chi connectivity index (χ1n) is 15.6. The zero-order valence-electron chi connectivity index (χ0n) is 24.5. The van der Waals surface area contributed by atoms with Crippen molar-refractivity contribution >= 4 is 0 Å². The van der Waals surface area contributed by atoms with Crippen molar-refractivity contribution in [1.29, 1.82) is 0 Å². The average Bonchev–Trinajstić information content (AvgIpc) is 3.00. The normalized spacial score (nSPS) is 23.1. The second-order valence-corrected chi connectivity index (χ2v) is 12.1. The number of ether oxygens (including phenoxy) is 1. The molecule has 4 heteroatoms. The number of rotatable bonds is 9. The SMILES string of the molecule is CC=CC1CCC(C2CCC(c3ccc(-c4ccc(-c5ccc(OCCCC)c(F)c5F)cc4)cc3F)CC2)CC1. The molecule has 0 amide bonds. The van der Waals surface area contributed by atoms with E-state index in [0.29, 0.717) is 12.2 Å². The Labute approximate surface area is 243 Å². The summed E-state index contributed by atoms with van der Waals surface area (Å²) in [6, 6.07) is 15.8. The number of halogens is 3. The molecular formula is C37H43F3O. The Kier molecular flexibility index (Phi) is 9.90. The number of hydrogen-bond donors (Lipinski definition) is 0. The van der Waals surface area contributed by atoms with Crippen LogP contribution >= 0.6 is 0 Å². The van der Waals surface area contributed by atoms with Gasteiger partial charge in [-0.05, 0) is 129 Å². The minimum Gasteiger partial charge on any atom is -0.490 e. The molecule has 2 saturated carbocycles. The highest BCUT2D eigenvalue weighted by molar-refractivity contribution is 5.71. The molecule has 0 aromatic heterocycles. The smallest absolute Gasteiger partial charge is 0.201 e. The highest BCUT2D eigenvalue weighted by atomic mass is 19.2. The number of benzene rings is 3. The van der Waals surface area contributed by atoms with Gasteiger partial charge in [0.25, 0.3) is 0 Å². The highest BCUT2D eigenvalue weighted by Gasteiger charge is 2.31. The third-order valence-electron chi connectivity index (χ3n) is 9.49. The molecule has 1 nitrogen and oxygen atoms in total. The van der Waals surface area contributed by atoms with Gasteiger partial charge in [0.2, 0.25) is 5.82 Å². The second-order valence-electron chi connectivity index (χ2n) is 12.1. The first-order valence-corrected chi connectivity index (χ1v) is 15.6. The highest BCUT2D eigenvalue weighted by Crippen LogP contribution is 2.45. The van der Waals surface area contributed by atoms with Gasteiger partial charge in [-0.1, -0.05) is 61.9 Å². The molecule has 2 aliphatic carbocycles. The molecule has 0 bridgehead atoms. The monoisotopic (exact) mass is 560 g/mol. The van der Waals surface area contributed by atoms with E-state index in [1.807, 2.05) is 31.2 Å². The summed E-state index contributed by atoms with van der Waals surface area (Å²) in [5, 5.41) is 0. The molecule has 41 heavy (non-hydrogen) atoms. The molecule has 5 rings (SSSR count). The van der Waals surface area contributed by atoms with Crippen LogP contribution in [0.2, 0.25) is 0 Å². The van der Waals surface area contributed by atoms with E-state index in [1.54, 1.807) is 24.3 Å². The molecule has 0 N–H and O–H groups in total. The van der Waals surface area contributed by atoms with Crippen LogP contribution in [0.3, 0.4) is 0 Å². The molecule has 0 unspecified atom stereocenters. The van der Waals surface area contributed by atoms with E-state index in [2.05, 4.69) is 19.1 Å². The maximum Gasteiger partial charge on any atom is 0.201 e. The van der Waals surface area contributed by atoms with Gasteiger partial charge in [0, 0.05) is 5.56 Å². The summed E-state index contributed by atoms with van der Waals surface area (Å²) in [5.41, 5.74) is 3.21. The van der Waals surface area contributed by atoms with E-state index in [0.717, 1.165) is 60.1 Å². The van der Waals surface area contributed by atoms with Crippen LogP contribution < -0.4 is 4.74 Å². The second kappa shape index (κ2) is 13.8. The average molecular weight is 561 g/mol. The Morgan fingerprint density at radius 3 is 2.00 bits per heavy atom. The summed E-state index contributed by atoms with van der Waals surface area (Å²) < 4.78 is 50.1. The van der Waals surface area contributed by atoms with E-state index in [-0.39, 0.29) is 23.0 Å². The lowest BCUT2D eigenvalue weighted by Gasteiger charge is -2.37. The third kappa shape index (κ3) is 6.90. The fourth-order valence-corrected chi connectivity index (χ4v) is 7.06. The molecule has 3 aromatic carbocycles. The van der Waals surface area contributed by atoms with Gasteiger partial charge in [0.05, 0.1) is 6.61 Å². The molecule has 3 aromatic rings. The van der Waals surface area contributed by atoms with Crippen LogP contribution in [0.15, 0.2) is 66.7 Å². The standard InChI is InChI=1S/C37H43F3O/c1-3-5-23-41-35-22-21-33(36(39)37(35)40)30-17-13-28(14-18-30)31-19-20-32(34(38)24-31)29-15-11-27(12-16-29)26-9-7-25(6-4-2)8-10-26/h4,6,13-14,17-22,24-27,29H,3,5,7-12,15-16,23H2,1-2H3. The third-order valence-corrected chi connectivity index (χ3v) is 9.49. The van der Waals surface area contributed by atoms with Crippen LogP contribution in [-0.4, -0.2) is 6.61 Å². The largest absolute Gasteiger partial charge is 0.490 e. The van der Waals surface area contributed by atoms with Crippen LogP contribution in [0, 0.1) is 35.2 Å². The Morgan fingerprint density at radius 1 is 0.732 bits per heavy atom. The molecule has 0 atom stereocenters. The van der Waals surface area contributed by atoms with Gasteiger partial charge in [0.1, 0.15) is 5.82 Å². The van der Waals surface area contributed by atoms with E-state index >= 15 is 4.39 Å². The predicted octanol–water partition coefficient (Wildman–Crippen LogP) is 11.3. The van der Waals surface area contributed by atoms with Crippen LogP contribution in [0.25, 0.3) is 22.3 Å². The van der Waals surface area contributed by atoms with Crippen molar-refractivity contribution in [2.45, 2.75) is 84.0 Å². The lowest BCUT2D eigenvalue weighted by molar-refractivity contribution is 0.171. The number of unbranched alkanes of at least 4 members (excludes halogenated alkanes) is 1. The molecule has 0 aliphatic heterocycles. The first kappa shape index (κ1) is 29.5. The summed E-state index contributed by atoms with van der Waals surface area (Å²) in [6.45, 7) is 4.49. The van der Waals surface area contributed by atoms with Crippen molar-refractivity contribution in [2.75, 3.05) is 6.61 Å². The zero-order valence-corrected chi connectivity index (χ0v) is 24.5. The molecule has 0 saturated heterocycles. The fourth-order valence-electron chi connectivity index (χ4n) is 7.06. The minimum atomic E-state index is -0.967. The maximum absolute atomic E-state index is 15.4. The molecule has 0 radical (unpaired) electrons. The van der Waals surface area contributed by atoms with E-state index in [1.165, 1.54) is 44.6 Å². The Hall–Kier alpha value is -3.01. The topological polar surface area (TPSA) is 9.23 Å². The van der Waals surface area contributed by atoms with Crippen LogP contribution in [-0.2, 0) is 0 Å². The Balaban J connectivity index is 1.21. The van der Waals surface area contributed by atoms with E-state index in [9.17, 15) is 8.78 Å². The maximum atomic E-state index is 15.4. The van der Waals surface area contributed by atoms with Gasteiger partial charge >= 0.3 is 0 Å². The molecule has 0 heterocycles.